The van der Waals surface area contributed by atoms with Crippen LogP contribution >= 0.6 is 0 Å². The molecule has 0 aliphatic rings. The molecule has 0 heterocycles. The van der Waals surface area contributed by atoms with Crippen molar-refractivity contribution < 1.29 is 9.59 Å². The van der Waals surface area contributed by atoms with E-state index in [4.69, 9.17) is 5.73 Å². The zero-order valence-electron chi connectivity index (χ0n) is 14.0. The Balaban J connectivity index is 2.17. The van der Waals surface area contributed by atoms with Crippen molar-refractivity contribution in [1.29, 1.82) is 0 Å². The van der Waals surface area contributed by atoms with E-state index >= 15 is 0 Å². The normalized spacial score (nSPS) is 13.0. The number of amides is 3. The first kappa shape index (κ1) is 19.0. The lowest BCUT2D eigenvalue weighted by atomic mass is 10.1. The third-order valence-electron chi connectivity index (χ3n) is 3.64. The van der Waals surface area contributed by atoms with Gasteiger partial charge in [-0.1, -0.05) is 36.8 Å². The summed E-state index contributed by atoms with van der Waals surface area (Å²) >= 11 is 0. The highest BCUT2D eigenvalue weighted by molar-refractivity contribution is 5.77. The van der Waals surface area contributed by atoms with E-state index in [1.165, 1.54) is 0 Å². The van der Waals surface area contributed by atoms with Crippen LogP contribution in [0.15, 0.2) is 30.3 Å². The number of nitrogens with two attached hydrogens (primary N) is 1. The first-order valence-electron chi connectivity index (χ1n) is 8.08. The number of rotatable bonds is 9. The van der Waals surface area contributed by atoms with Crippen LogP contribution in [0.2, 0.25) is 0 Å². The summed E-state index contributed by atoms with van der Waals surface area (Å²) in [4.78, 5) is 23.0. The van der Waals surface area contributed by atoms with Crippen LogP contribution in [0.3, 0.4) is 0 Å². The number of benzene rings is 1. The number of hydrogen-bond donors (Lipinski definition) is 4. The summed E-state index contributed by atoms with van der Waals surface area (Å²) in [6.45, 7) is 2.58. The number of urea groups is 1. The molecule has 5 N–H and O–H groups in total. The number of nitrogens with one attached hydrogen (secondary N) is 3. The molecule has 0 aliphatic heterocycles. The van der Waals surface area contributed by atoms with Crippen molar-refractivity contribution in [2.24, 2.45) is 5.73 Å². The van der Waals surface area contributed by atoms with Crippen LogP contribution in [-0.4, -0.2) is 31.6 Å². The average Bonchev–Trinajstić information content (AvgIpc) is 2.54. The molecule has 0 fully saturated rings. The second-order valence-electron chi connectivity index (χ2n) is 5.67. The van der Waals surface area contributed by atoms with Crippen molar-refractivity contribution in [3.05, 3.63) is 35.9 Å². The van der Waals surface area contributed by atoms with Crippen molar-refractivity contribution in [1.82, 2.24) is 16.0 Å². The molecule has 1 aromatic carbocycles. The molecule has 23 heavy (non-hydrogen) atoms. The third kappa shape index (κ3) is 8.21. The van der Waals surface area contributed by atoms with Crippen LogP contribution in [0.5, 0.6) is 0 Å². The fourth-order valence-corrected chi connectivity index (χ4v) is 2.29. The molecular weight excluding hydrogens is 292 g/mol. The van der Waals surface area contributed by atoms with Gasteiger partial charge in [0.15, 0.2) is 0 Å². The molecule has 6 heteroatoms. The second-order valence-corrected chi connectivity index (χ2v) is 5.67. The van der Waals surface area contributed by atoms with Gasteiger partial charge in [-0.15, -0.1) is 0 Å². The van der Waals surface area contributed by atoms with E-state index in [0.29, 0.717) is 13.0 Å². The van der Waals surface area contributed by atoms with Gasteiger partial charge in [-0.3, -0.25) is 4.79 Å². The highest BCUT2D eigenvalue weighted by atomic mass is 16.2. The number of carbonyl (C=O) groups is 2. The summed E-state index contributed by atoms with van der Waals surface area (Å²) in [6.07, 6.45) is 2.82. The van der Waals surface area contributed by atoms with Crippen LogP contribution in [0, 0.1) is 0 Å². The molecule has 0 bridgehead atoms. The van der Waals surface area contributed by atoms with Gasteiger partial charge in [-0.05, 0) is 25.3 Å². The van der Waals surface area contributed by atoms with Gasteiger partial charge in [-0.25, -0.2) is 4.79 Å². The highest BCUT2D eigenvalue weighted by Gasteiger charge is 2.13. The molecule has 0 aliphatic carbocycles. The van der Waals surface area contributed by atoms with Crippen LogP contribution < -0.4 is 21.7 Å². The van der Waals surface area contributed by atoms with E-state index in [1.807, 2.05) is 37.3 Å². The van der Waals surface area contributed by atoms with E-state index in [1.54, 1.807) is 7.05 Å². The highest BCUT2D eigenvalue weighted by Crippen LogP contribution is 2.11. The lowest BCUT2D eigenvalue weighted by Crippen LogP contribution is -2.34. The zero-order chi connectivity index (χ0) is 17.1. The van der Waals surface area contributed by atoms with Crippen molar-refractivity contribution >= 4 is 11.9 Å². The van der Waals surface area contributed by atoms with Gasteiger partial charge in [-0.2, -0.15) is 0 Å². The Labute approximate surface area is 138 Å². The Morgan fingerprint density at radius 1 is 1.17 bits per heavy atom. The van der Waals surface area contributed by atoms with Crippen LogP contribution in [-0.2, 0) is 4.79 Å². The van der Waals surface area contributed by atoms with Crippen molar-refractivity contribution in [2.75, 3.05) is 13.6 Å². The van der Waals surface area contributed by atoms with E-state index in [9.17, 15) is 9.59 Å². The molecule has 1 rings (SSSR count). The van der Waals surface area contributed by atoms with E-state index in [-0.39, 0.29) is 24.0 Å². The zero-order valence-corrected chi connectivity index (χ0v) is 14.0. The molecule has 0 unspecified atom stereocenters. The van der Waals surface area contributed by atoms with Crippen molar-refractivity contribution in [3.8, 4) is 0 Å². The smallest absolute Gasteiger partial charge is 0.314 e. The molecule has 0 radical (unpaired) electrons. The van der Waals surface area contributed by atoms with Gasteiger partial charge < -0.3 is 21.7 Å². The number of carbonyl (C=O) groups excluding carboxylic acids is 2. The molecule has 3 amide bonds. The molecule has 1 aromatic rings. The molecule has 0 spiro atoms. The standard InChI is InChI=1S/C17H28N4O2/c1-13(14-8-4-3-5-9-14)21-16(22)12-15(18)10-6-7-11-20-17(23)19-2/h3-5,8-9,13,15H,6-7,10-12,18H2,1-2H3,(H,21,22)(H2,19,20,23)/t13-,15+/m1/s1. The van der Waals surface area contributed by atoms with E-state index < -0.39 is 0 Å². The first-order chi connectivity index (χ1) is 11.0. The first-order valence-corrected chi connectivity index (χ1v) is 8.08. The average molecular weight is 320 g/mol. The maximum absolute atomic E-state index is 12.0. The quantitative estimate of drug-likeness (QED) is 0.521. The molecule has 0 aromatic heterocycles. The summed E-state index contributed by atoms with van der Waals surface area (Å²) in [6, 6.07) is 9.49. The van der Waals surface area contributed by atoms with Gasteiger partial charge >= 0.3 is 6.03 Å². The van der Waals surface area contributed by atoms with E-state index in [0.717, 1.165) is 24.8 Å². The van der Waals surface area contributed by atoms with Gasteiger partial charge in [0.2, 0.25) is 5.91 Å². The Hall–Kier alpha value is -2.08. The Kier molecular flexibility index (Phi) is 8.75. The topological polar surface area (TPSA) is 96.2 Å². The Morgan fingerprint density at radius 3 is 2.52 bits per heavy atom. The lowest BCUT2D eigenvalue weighted by Gasteiger charge is -2.16. The molecule has 0 saturated carbocycles. The fourth-order valence-electron chi connectivity index (χ4n) is 2.29. The Morgan fingerprint density at radius 2 is 1.87 bits per heavy atom. The van der Waals surface area contributed by atoms with Gasteiger partial charge in [0.25, 0.3) is 0 Å². The predicted octanol–water partition coefficient (Wildman–Crippen LogP) is 1.68. The molecule has 128 valence electrons. The monoisotopic (exact) mass is 320 g/mol. The lowest BCUT2D eigenvalue weighted by molar-refractivity contribution is -0.122. The minimum atomic E-state index is -0.177. The minimum absolute atomic E-state index is 0.0207. The molecule has 2 atom stereocenters. The van der Waals surface area contributed by atoms with Crippen LogP contribution in [0.25, 0.3) is 0 Å². The summed E-state index contributed by atoms with van der Waals surface area (Å²) in [5, 5.41) is 8.18. The van der Waals surface area contributed by atoms with E-state index in [2.05, 4.69) is 16.0 Å². The minimum Gasteiger partial charge on any atom is -0.350 e. The summed E-state index contributed by atoms with van der Waals surface area (Å²) in [5.41, 5.74) is 7.08. The molecule has 0 saturated heterocycles. The molecule has 6 nitrogen and oxygen atoms in total. The Bertz CT molecular complexity index is 479. The number of unbranched alkanes of at least 4 members (excludes halogenated alkanes) is 1. The predicted molar refractivity (Wildman–Crippen MR) is 91.9 cm³/mol. The maximum atomic E-state index is 12.0. The van der Waals surface area contributed by atoms with Crippen LogP contribution in [0.1, 0.15) is 44.2 Å². The number of hydrogen-bond acceptors (Lipinski definition) is 3. The van der Waals surface area contributed by atoms with Crippen molar-refractivity contribution in [2.45, 2.75) is 44.7 Å². The van der Waals surface area contributed by atoms with Gasteiger partial charge in [0.05, 0.1) is 6.04 Å². The maximum Gasteiger partial charge on any atom is 0.314 e. The second kappa shape index (κ2) is 10.6. The van der Waals surface area contributed by atoms with Gasteiger partial charge in [0.1, 0.15) is 0 Å². The fraction of sp³-hybridized carbons (Fsp3) is 0.529. The summed E-state index contributed by atoms with van der Waals surface area (Å²) < 4.78 is 0. The largest absolute Gasteiger partial charge is 0.350 e. The summed E-state index contributed by atoms with van der Waals surface area (Å²) in [7, 11) is 1.58. The van der Waals surface area contributed by atoms with Crippen molar-refractivity contribution in [3.63, 3.8) is 0 Å². The third-order valence-corrected chi connectivity index (χ3v) is 3.64. The SMILES string of the molecule is CNC(=O)NCCCC[C@H](N)CC(=O)N[C@H](C)c1ccccc1. The molecular formula is C17H28N4O2. The summed E-state index contributed by atoms with van der Waals surface area (Å²) in [5.74, 6) is -0.0302. The van der Waals surface area contributed by atoms with Gasteiger partial charge in [0, 0.05) is 26.1 Å². The van der Waals surface area contributed by atoms with Crippen LogP contribution in [0.4, 0.5) is 4.79 Å².